The topological polar surface area (TPSA) is 101 Å². The largest absolute Gasteiger partial charge is 0.478 e. The minimum atomic E-state index is -3.90. The van der Waals surface area contributed by atoms with Crippen LogP contribution < -0.4 is 4.72 Å². The van der Waals surface area contributed by atoms with Crippen molar-refractivity contribution in [3.63, 3.8) is 0 Å². The Morgan fingerprint density at radius 2 is 2.04 bits per heavy atom. The fourth-order valence-corrected chi connectivity index (χ4v) is 4.88. The molecule has 0 radical (unpaired) electrons. The first-order valence-electron chi connectivity index (χ1n) is 8.20. The van der Waals surface area contributed by atoms with Crippen LogP contribution in [-0.2, 0) is 29.4 Å². The summed E-state index contributed by atoms with van der Waals surface area (Å²) in [5.74, 6) is -1.13. The van der Waals surface area contributed by atoms with E-state index in [9.17, 15) is 18.3 Å². The number of carbonyl (C=O) groups is 1. The summed E-state index contributed by atoms with van der Waals surface area (Å²) in [6, 6.07) is 2.83. The Balaban J connectivity index is 2.10. The van der Waals surface area contributed by atoms with Gasteiger partial charge in [-0.05, 0) is 63.3 Å². The molecule has 0 spiro atoms. The molecule has 0 saturated heterocycles. The minimum Gasteiger partial charge on any atom is -0.478 e. The lowest BCUT2D eigenvalue weighted by molar-refractivity contribution is 0.0696. The SMILES string of the molecule is CCn1nc(C)c(NS(=O)(=O)c2cc(C(=O)O)cc3c2CCC3)c1C. The van der Waals surface area contributed by atoms with Gasteiger partial charge in [0.1, 0.15) is 0 Å². The van der Waals surface area contributed by atoms with E-state index in [1.807, 2.05) is 6.92 Å². The number of aromatic carboxylic acids is 1. The van der Waals surface area contributed by atoms with Gasteiger partial charge in [0.2, 0.25) is 0 Å². The van der Waals surface area contributed by atoms with Crippen LogP contribution in [0.3, 0.4) is 0 Å². The molecule has 1 heterocycles. The maximum Gasteiger partial charge on any atom is 0.335 e. The van der Waals surface area contributed by atoms with Crippen molar-refractivity contribution >= 4 is 21.7 Å². The number of hydrogen-bond acceptors (Lipinski definition) is 4. The molecule has 2 aromatic rings. The highest BCUT2D eigenvalue weighted by molar-refractivity contribution is 7.92. The second-order valence-electron chi connectivity index (χ2n) is 6.24. The van der Waals surface area contributed by atoms with E-state index in [0.717, 1.165) is 23.2 Å². The van der Waals surface area contributed by atoms with Gasteiger partial charge in [0, 0.05) is 6.54 Å². The minimum absolute atomic E-state index is 0.00118. The van der Waals surface area contributed by atoms with Crippen LogP contribution in [0.25, 0.3) is 0 Å². The van der Waals surface area contributed by atoms with E-state index in [1.54, 1.807) is 24.6 Å². The molecule has 0 amide bonds. The average molecular weight is 363 g/mol. The molecule has 25 heavy (non-hydrogen) atoms. The number of carboxylic acids is 1. The average Bonchev–Trinajstić information content (AvgIpc) is 3.13. The molecule has 0 saturated carbocycles. The number of carboxylic acid groups (broad SMARTS) is 1. The quantitative estimate of drug-likeness (QED) is 0.850. The van der Waals surface area contributed by atoms with Gasteiger partial charge in [-0.3, -0.25) is 9.40 Å². The van der Waals surface area contributed by atoms with Crippen molar-refractivity contribution < 1.29 is 18.3 Å². The molecule has 8 heteroatoms. The first-order valence-corrected chi connectivity index (χ1v) is 9.68. The molecule has 1 aromatic heterocycles. The zero-order valence-electron chi connectivity index (χ0n) is 14.5. The standard InChI is InChI=1S/C17H21N3O4S/c1-4-20-11(3)16(10(2)18-20)19-25(23,24)15-9-13(17(21)22)8-12-6-5-7-14(12)15/h8-9,19H,4-7H2,1-3H3,(H,21,22). The molecule has 1 aliphatic rings. The highest BCUT2D eigenvalue weighted by atomic mass is 32.2. The summed E-state index contributed by atoms with van der Waals surface area (Å²) >= 11 is 0. The summed E-state index contributed by atoms with van der Waals surface area (Å²) < 4.78 is 30.3. The van der Waals surface area contributed by atoms with Crippen molar-refractivity contribution in [2.75, 3.05) is 4.72 Å². The predicted octanol–water partition coefficient (Wildman–Crippen LogP) is 2.51. The number of nitrogens with zero attached hydrogens (tertiary/aromatic N) is 2. The van der Waals surface area contributed by atoms with Gasteiger partial charge >= 0.3 is 5.97 Å². The molecule has 7 nitrogen and oxygen atoms in total. The van der Waals surface area contributed by atoms with Gasteiger partial charge < -0.3 is 5.11 Å². The molecule has 134 valence electrons. The summed E-state index contributed by atoms with van der Waals surface area (Å²) in [4.78, 5) is 11.4. The third-order valence-electron chi connectivity index (χ3n) is 4.63. The Bertz CT molecular complexity index is 961. The van der Waals surface area contributed by atoms with Crippen molar-refractivity contribution in [2.24, 2.45) is 0 Å². The van der Waals surface area contributed by atoms with E-state index < -0.39 is 16.0 Å². The van der Waals surface area contributed by atoms with Crippen LogP contribution in [0.15, 0.2) is 17.0 Å². The normalized spacial score (nSPS) is 13.7. The highest BCUT2D eigenvalue weighted by Gasteiger charge is 2.27. The zero-order chi connectivity index (χ0) is 18.4. The van der Waals surface area contributed by atoms with Gasteiger partial charge in [0.25, 0.3) is 10.0 Å². The molecule has 1 aliphatic carbocycles. The smallest absolute Gasteiger partial charge is 0.335 e. The lowest BCUT2D eigenvalue weighted by Crippen LogP contribution is -2.17. The third kappa shape index (κ3) is 3.02. The van der Waals surface area contributed by atoms with E-state index in [0.29, 0.717) is 30.8 Å². The molecule has 0 atom stereocenters. The van der Waals surface area contributed by atoms with Crippen LogP contribution in [0, 0.1) is 13.8 Å². The molecule has 0 aliphatic heterocycles. The number of aryl methyl sites for hydroxylation is 3. The maximum atomic E-state index is 13.0. The van der Waals surface area contributed by atoms with Crippen molar-refractivity contribution in [1.82, 2.24) is 9.78 Å². The number of benzene rings is 1. The number of nitrogens with one attached hydrogen (secondary N) is 1. The monoisotopic (exact) mass is 363 g/mol. The second-order valence-corrected chi connectivity index (χ2v) is 7.89. The lowest BCUT2D eigenvalue weighted by atomic mass is 10.1. The Kier molecular flexibility index (Phi) is 4.32. The zero-order valence-corrected chi connectivity index (χ0v) is 15.3. The maximum absolute atomic E-state index is 13.0. The highest BCUT2D eigenvalue weighted by Crippen LogP contribution is 2.32. The van der Waals surface area contributed by atoms with Crippen LogP contribution >= 0.6 is 0 Å². The number of aromatic nitrogens is 2. The fraction of sp³-hybridized carbons (Fsp3) is 0.412. The van der Waals surface area contributed by atoms with Crippen molar-refractivity contribution in [3.8, 4) is 0 Å². The van der Waals surface area contributed by atoms with Crippen LogP contribution in [-0.4, -0.2) is 29.3 Å². The van der Waals surface area contributed by atoms with Crippen LogP contribution in [0.4, 0.5) is 5.69 Å². The van der Waals surface area contributed by atoms with E-state index >= 15 is 0 Å². The Morgan fingerprint density at radius 1 is 1.32 bits per heavy atom. The van der Waals surface area contributed by atoms with Crippen LogP contribution in [0.5, 0.6) is 0 Å². The molecule has 0 fully saturated rings. The summed E-state index contributed by atoms with van der Waals surface area (Å²) in [7, 11) is -3.90. The summed E-state index contributed by atoms with van der Waals surface area (Å²) in [6.45, 7) is 6.12. The first kappa shape index (κ1) is 17.5. The number of rotatable bonds is 5. The number of hydrogen-bond donors (Lipinski definition) is 2. The number of fused-ring (bicyclic) bond motifs is 1. The van der Waals surface area contributed by atoms with E-state index in [2.05, 4.69) is 9.82 Å². The fourth-order valence-electron chi connectivity index (χ4n) is 3.37. The Labute approximate surface area is 146 Å². The molecular formula is C17H21N3O4S. The van der Waals surface area contributed by atoms with Crippen LogP contribution in [0.2, 0.25) is 0 Å². The van der Waals surface area contributed by atoms with Gasteiger partial charge in [0.05, 0.1) is 27.5 Å². The number of sulfonamides is 1. The van der Waals surface area contributed by atoms with Crippen molar-refractivity contribution in [2.45, 2.75) is 51.5 Å². The molecule has 0 bridgehead atoms. The Hall–Kier alpha value is -2.35. The van der Waals surface area contributed by atoms with Gasteiger partial charge in [-0.2, -0.15) is 5.10 Å². The Morgan fingerprint density at radius 3 is 2.64 bits per heavy atom. The molecule has 0 unspecified atom stereocenters. The molecular weight excluding hydrogens is 342 g/mol. The van der Waals surface area contributed by atoms with Crippen molar-refractivity contribution in [3.05, 3.63) is 40.2 Å². The number of anilines is 1. The summed E-state index contributed by atoms with van der Waals surface area (Å²) in [5.41, 5.74) is 3.30. The predicted molar refractivity (Wildman–Crippen MR) is 93.6 cm³/mol. The van der Waals surface area contributed by atoms with Crippen LogP contribution in [0.1, 0.15) is 46.2 Å². The van der Waals surface area contributed by atoms with Gasteiger partial charge in [-0.15, -0.1) is 0 Å². The second kappa shape index (κ2) is 6.18. The van der Waals surface area contributed by atoms with E-state index in [-0.39, 0.29) is 10.5 Å². The van der Waals surface area contributed by atoms with Crippen molar-refractivity contribution in [1.29, 1.82) is 0 Å². The molecule has 1 aromatic carbocycles. The summed E-state index contributed by atoms with van der Waals surface area (Å²) in [5, 5.41) is 13.6. The van der Waals surface area contributed by atoms with Gasteiger partial charge in [-0.25, -0.2) is 13.2 Å². The summed E-state index contributed by atoms with van der Waals surface area (Å²) in [6.07, 6.45) is 2.16. The molecule has 2 N–H and O–H groups in total. The first-order chi connectivity index (χ1) is 11.7. The van der Waals surface area contributed by atoms with E-state index in [1.165, 1.54) is 6.07 Å². The van der Waals surface area contributed by atoms with E-state index in [4.69, 9.17) is 0 Å². The van der Waals surface area contributed by atoms with Gasteiger partial charge in [-0.1, -0.05) is 0 Å². The third-order valence-corrected chi connectivity index (χ3v) is 6.04. The molecule has 3 rings (SSSR count). The van der Waals surface area contributed by atoms with Gasteiger partial charge in [0.15, 0.2) is 0 Å². The lowest BCUT2D eigenvalue weighted by Gasteiger charge is -2.13.